The minimum absolute atomic E-state index is 0.176. The summed E-state index contributed by atoms with van der Waals surface area (Å²) in [4.78, 5) is 0. The second kappa shape index (κ2) is 28.3. The summed E-state index contributed by atoms with van der Waals surface area (Å²) in [7, 11) is 0. The van der Waals surface area contributed by atoms with Gasteiger partial charge in [0.05, 0.1) is 37.6 Å². The average molecular weight is 527 g/mol. The number of unbranched alkanes of at least 4 members (excludes halogenated alkanes) is 10. The van der Waals surface area contributed by atoms with Crippen LogP contribution >= 0.6 is 0 Å². The van der Waals surface area contributed by atoms with Crippen LogP contribution in [0, 0.1) is 0 Å². The molecule has 4 atom stereocenters. The predicted molar refractivity (Wildman–Crippen MR) is 157 cm³/mol. The van der Waals surface area contributed by atoms with E-state index >= 15 is 0 Å². The Hall–Kier alpha value is -0.720. The molecule has 0 heterocycles. The first-order valence-corrected chi connectivity index (χ1v) is 15.5. The Morgan fingerprint density at radius 1 is 0.514 bits per heavy atom. The molecule has 0 aromatic rings. The minimum Gasteiger partial charge on any atom is -0.389 e. The van der Waals surface area contributed by atoms with Crippen molar-refractivity contribution in [1.29, 1.82) is 0 Å². The molecule has 0 aliphatic rings. The van der Waals surface area contributed by atoms with Crippen LogP contribution < -0.4 is 0 Å². The van der Waals surface area contributed by atoms with Crippen molar-refractivity contribution < 1.29 is 24.4 Å². The molecule has 5 heteroatoms. The van der Waals surface area contributed by atoms with Crippen LogP contribution in [-0.2, 0) is 14.2 Å². The van der Waals surface area contributed by atoms with Gasteiger partial charge in [-0.05, 0) is 53.4 Å². The van der Waals surface area contributed by atoms with E-state index in [1.165, 1.54) is 64.2 Å². The molecule has 0 aromatic heterocycles. The zero-order valence-electron chi connectivity index (χ0n) is 24.9. The van der Waals surface area contributed by atoms with Crippen LogP contribution in [0.1, 0.15) is 130 Å². The van der Waals surface area contributed by atoms with Gasteiger partial charge in [-0.25, -0.2) is 0 Å². The molecule has 0 radical (unpaired) electrons. The fourth-order valence-electron chi connectivity index (χ4n) is 4.73. The van der Waals surface area contributed by atoms with E-state index in [1.807, 2.05) is 38.2 Å². The second-order valence-corrected chi connectivity index (χ2v) is 10.3. The third-order valence-corrected chi connectivity index (χ3v) is 6.79. The lowest BCUT2D eigenvalue weighted by atomic mass is 10.0. The Balaban J connectivity index is 3.88. The van der Waals surface area contributed by atoms with Gasteiger partial charge in [0.2, 0.25) is 0 Å². The van der Waals surface area contributed by atoms with Crippen molar-refractivity contribution in [3.8, 4) is 0 Å². The maximum absolute atomic E-state index is 9.73. The van der Waals surface area contributed by atoms with Crippen molar-refractivity contribution in [3.63, 3.8) is 0 Å². The molecule has 0 bridgehead atoms. The van der Waals surface area contributed by atoms with Gasteiger partial charge in [0.1, 0.15) is 0 Å². The van der Waals surface area contributed by atoms with E-state index in [-0.39, 0.29) is 24.4 Å². The van der Waals surface area contributed by atoms with Crippen molar-refractivity contribution in [3.05, 3.63) is 24.3 Å². The Kier molecular flexibility index (Phi) is 27.7. The normalized spacial score (nSPS) is 15.5. The molecule has 4 unspecified atom stereocenters. The Morgan fingerprint density at radius 3 is 1.16 bits per heavy atom. The Morgan fingerprint density at radius 2 is 0.838 bits per heavy atom. The van der Waals surface area contributed by atoms with Crippen molar-refractivity contribution >= 4 is 0 Å². The summed E-state index contributed by atoms with van der Waals surface area (Å²) in [5.41, 5.74) is 0. The SMILES string of the molecule is CC=CC(O)CCCCCCCCC(COCC(CCCCCCCCC(O)C=CC)OCC)OCC. The van der Waals surface area contributed by atoms with Crippen LogP contribution in [0.15, 0.2) is 24.3 Å². The highest BCUT2D eigenvalue weighted by molar-refractivity contribution is 4.85. The van der Waals surface area contributed by atoms with Gasteiger partial charge in [-0.15, -0.1) is 0 Å². The van der Waals surface area contributed by atoms with E-state index in [4.69, 9.17) is 14.2 Å². The zero-order valence-corrected chi connectivity index (χ0v) is 24.9. The molecule has 2 N–H and O–H groups in total. The lowest BCUT2D eigenvalue weighted by molar-refractivity contribution is -0.0578. The van der Waals surface area contributed by atoms with Crippen molar-refractivity contribution in [2.45, 2.75) is 155 Å². The van der Waals surface area contributed by atoms with Crippen LogP contribution in [0.5, 0.6) is 0 Å². The molecule has 0 rings (SSSR count). The van der Waals surface area contributed by atoms with Gasteiger partial charge in [0.25, 0.3) is 0 Å². The van der Waals surface area contributed by atoms with E-state index in [9.17, 15) is 10.2 Å². The van der Waals surface area contributed by atoms with Crippen LogP contribution in [0.25, 0.3) is 0 Å². The summed E-state index contributed by atoms with van der Waals surface area (Å²) in [5, 5.41) is 19.5. The summed E-state index contributed by atoms with van der Waals surface area (Å²) in [6.07, 6.45) is 25.7. The van der Waals surface area contributed by atoms with Crippen LogP contribution in [-0.4, -0.2) is 61.1 Å². The third kappa shape index (κ3) is 25.3. The van der Waals surface area contributed by atoms with E-state index in [0.717, 1.165) is 51.7 Å². The molecule has 0 spiro atoms. The molecular formula is C32H62O5. The molecule has 0 saturated carbocycles. The minimum atomic E-state index is -0.274. The van der Waals surface area contributed by atoms with E-state index in [0.29, 0.717) is 13.2 Å². The van der Waals surface area contributed by atoms with E-state index in [1.54, 1.807) is 0 Å². The highest BCUT2D eigenvalue weighted by Crippen LogP contribution is 2.15. The zero-order chi connectivity index (χ0) is 27.4. The van der Waals surface area contributed by atoms with Gasteiger partial charge in [-0.1, -0.05) is 101 Å². The Labute approximate surface area is 230 Å². The molecule has 37 heavy (non-hydrogen) atoms. The quantitative estimate of drug-likeness (QED) is 0.0800. The molecule has 0 saturated heterocycles. The monoisotopic (exact) mass is 526 g/mol. The van der Waals surface area contributed by atoms with Gasteiger partial charge in [0.15, 0.2) is 0 Å². The van der Waals surface area contributed by atoms with Gasteiger partial charge >= 0.3 is 0 Å². The van der Waals surface area contributed by atoms with E-state index < -0.39 is 0 Å². The lowest BCUT2D eigenvalue weighted by Crippen LogP contribution is -2.25. The summed E-state index contributed by atoms with van der Waals surface area (Å²) in [6, 6.07) is 0. The van der Waals surface area contributed by atoms with Crippen molar-refractivity contribution in [2.24, 2.45) is 0 Å². The topological polar surface area (TPSA) is 68.2 Å². The number of hydrogen-bond donors (Lipinski definition) is 2. The summed E-state index contributed by atoms with van der Waals surface area (Å²) in [5.74, 6) is 0. The molecule has 0 aromatic carbocycles. The predicted octanol–water partition coefficient (Wildman–Crippen LogP) is 7.93. The van der Waals surface area contributed by atoms with Crippen molar-refractivity contribution in [2.75, 3.05) is 26.4 Å². The van der Waals surface area contributed by atoms with Crippen LogP contribution in [0.3, 0.4) is 0 Å². The molecule has 220 valence electrons. The first-order valence-electron chi connectivity index (χ1n) is 15.5. The first-order chi connectivity index (χ1) is 18.1. The number of aliphatic hydroxyl groups excluding tert-OH is 2. The maximum Gasteiger partial charge on any atom is 0.0808 e. The number of aliphatic hydroxyl groups is 2. The molecule has 0 aliphatic heterocycles. The fraction of sp³-hybridized carbons (Fsp3) is 0.875. The summed E-state index contributed by atoms with van der Waals surface area (Å²) in [6.45, 7) is 10.8. The van der Waals surface area contributed by atoms with Gasteiger partial charge in [0, 0.05) is 13.2 Å². The number of allylic oxidation sites excluding steroid dienone is 2. The number of hydrogen-bond acceptors (Lipinski definition) is 5. The number of rotatable bonds is 28. The first kappa shape index (κ1) is 36.3. The lowest BCUT2D eigenvalue weighted by Gasteiger charge is -2.21. The van der Waals surface area contributed by atoms with Crippen molar-refractivity contribution in [1.82, 2.24) is 0 Å². The third-order valence-electron chi connectivity index (χ3n) is 6.79. The average Bonchev–Trinajstić information content (AvgIpc) is 2.87. The molecule has 5 nitrogen and oxygen atoms in total. The fourth-order valence-corrected chi connectivity index (χ4v) is 4.73. The van der Waals surface area contributed by atoms with Crippen LogP contribution in [0.4, 0.5) is 0 Å². The second-order valence-electron chi connectivity index (χ2n) is 10.3. The number of ether oxygens (including phenoxy) is 3. The largest absolute Gasteiger partial charge is 0.389 e. The van der Waals surface area contributed by atoms with Gasteiger partial charge < -0.3 is 24.4 Å². The molecule has 0 fully saturated rings. The standard InChI is InChI=1S/C32H62O5/c1-5-21-29(33)23-17-13-9-11-15-19-25-31(36-7-3)27-35-28-32(37-8-4)26-20-16-12-10-14-18-24-30(34)22-6-2/h5-6,21-22,29-34H,7-20,23-28H2,1-4H3. The van der Waals surface area contributed by atoms with Gasteiger partial charge in [-0.3, -0.25) is 0 Å². The molecule has 0 amide bonds. The highest BCUT2D eigenvalue weighted by Gasteiger charge is 2.13. The smallest absolute Gasteiger partial charge is 0.0808 e. The summed E-state index contributed by atoms with van der Waals surface area (Å²) < 4.78 is 17.9. The Bertz CT molecular complexity index is 463. The van der Waals surface area contributed by atoms with E-state index in [2.05, 4.69) is 13.8 Å². The maximum atomic E-state index is 9.73. The van der Waals surface area contributed by atoms with Crippen LogP contribution in [0.2, 0.25) is 0 Å². The molecular weight excluding hydrogens is 464 g/mol. The summed E-state index contributed by atoms with van der Waals surface area (Å²) >= 11 is 0. The van der Waals surface area contributed by atoms with Gasteiger partial charge in [-0.2, -0.15) is 0 Å². The molecule has 0 aliphatic carbocycles. The highest BCUT2D eigenvalue weighted by atomic mass is 16.6.